The predicted octanol–water partition coefficient (Wildman–Crippen LogP) is 4.21. The number of hydrogen-bond donors (Lipinski definition) is 0. The fraction of sp³-hybridized carbons (Fsp3) is 0.348. The van der Waals surface area contributed by atoms with E-state index in [9.17, 15) is 4.79 Å². The molecule has 0 saturated carbocycles. The van der Waals surface area contributed by atoms with Gasteiger partial charge in [0.2, 0.25) is 0 Å². The van der Waals surface area contributed by atoms with E-state index in [1.807, 2.05) is 52.2 Å². The van der Waals surface area contributed by atoms with E-state index in [0.717, 1.165) is 41.7 Å². The van der Waals surface area contributed by atoms with E-state index in [4.69, 9.17) is 0 Å². The Hall–Kier alpha value is -1.68. The Morgan fingerprint density at radius 1 is 0.967 bits per heavy atom. The summed E-state index contributed by atoms with van der Waals surface area (Å²) >= 11 is 0. The molecule has 5 nitrogen and oxygen atoms in total. The second-order valence-electron chi connectivity index (χ2n) is 7.60. The van der Waals surface area contributed by atoms with Crippen LogP contribution in [0.1, 0.15) is 29.6 Å². The molecule has 3 heterocycles. The van der Waals surface area contributed by atoms with Crippen molar-refractivity contribution >= 4 is 29.2 Å². The topological polar surface area (TPSA) is 41.4 Å². The van der Waals surface area contributed by atoms with E-state index in [1.54, 1.807) is 0 Å². The summed E-state index contributed by atoms with van der Waals surface area (Å²) in [6.45, 7) is 4.12. The molecule has 30 heavy (non-hydrogen) atoms. The largest absolute Gasteiger partial charge is 0.358 e. The summed E-state index contributed by atoms with van der Waals surface area (Å²) in [5, 5.41) is 5.60. The Morgan fingerprint density at radius 3 is 2.40 bits per heavy atom. The first-order valence-electron chi connectivity index (χ1n) is 9.86. The van der Waals surface area contributed by atoms with Gasteiger partial charge in [-0.2, -0.15) is 5.10 Å². The molecule has 0 aliphatic carbocycles. The molecule has 0 N–H and O–H groups in total. The number of carbonyl (C=O) groups is 1. The van der Waals surface area contributed by atoms with Crippen molar-refractivity contribution in [3.8, 4) is 5.69 Å². The van der Waals surface area contributed by atoms with Gasteiger partial charge in [-0.3, -0.25) is 9.69 Å². The van der Waals surface area contributed by atoms with E-state index in [-0.39, 0.29) is 46.8 Å². The van der Waals surface area contributed by atoms with Crippen LogP contribution in [0.15, 0.2) is 54.7 Å². The molecule has 2 aliphatic rings. The quantitative estimate of drug-likeness (QED) is 0.427. The first kappa shape index (κ1) is 24.6. The zero-order chi connectivity index (χ0) is 18.2. The maximum atomic E-state index is 12.9. The van der Waals surface area contributed by atoms with Gasteiger partial charge in [0.05, 0.1) is 17.4 Å². The third kappa shape index (κ3) is 4.64. The average molecular weight is 596 g/mol. The van der Waals surface area contributed by atoms with Gasteiger partial charge >= 0.3 is 0 Å². The van der Waals surface area contributed by atoms with Crippen LogP contribution in [0, 0.1) is 7.43 Å². The standard InChI is InChI=1S/C22H24N4O.CH3.ClH.W/c27-22(25-14-11-20(16-25)24-12-3-4-13-24)17-7-9-19(10-8-17)26-21-6-2-1-5-18(21)15-23-26;;;/h1-2,5-10,15,20H,3-4,11-14,16H2;1H3;1H;/q;-1;;/t20-;;;/m0.../s1. The SMILES string of the molecule is Cl.O=C(c1ccc(-n2ncc3ccccc32)cc1)N1CC[C@H](N2CCCC2)C1.[CH3-].[W]. The molecule has 1 atom stereocenters. The minimum absolute atomic E-state index is 0. The number of rotatable bonds is 3. The van der Waals surface area contributed by atoms with Gasteiger partial charge in [-0.25, -0.2) is 4.68 Å². The Labute approximate surface area is 199 Å². The number of hydrogen-bond acceptors (Lipinski definition) is 3. The number of fused-ring (bicyclic) bond motifs is 1. The molecule has 2 saturated heterocycles. The normalized spacial score (nSPS) is 18.5. The average Bonchev–Trinajstić information content (AvgIpc) is 3.47. The van der Waals surface area contributed by atoms with Gasteiger partial charge in [-0.05, 0) is 62.7 Å². The molecule has 160 valence electrons. The van der Waals surface area contributed by atoms with Crippen molar-refractivity contribution < 1.29 is 25.9 Å². The Bertz CT molecular complexity index is 969. The van der Waals surface area contributed by atoms with Crippen molar-refractivity contribution in [3.63, 3.8) is 0 Å². The third-order valence-corrected chi connectivity index (χ3v) is 5.94. The maximum absolute atomic E-state index is 12.9. The number of halogens is 1. The van der Waals surface area contributed by atoms with Crippen LogP contribution in [-0.2, 0) is 21.1 Å². The zero-order valence-electron chi connectivity index (χ0n) is 17.2. The molecule has 0 radical (unpaired) electrons. The van der Waals surface area contributed by atoms with Gasteiger partial charge in [-0.15, -0.1) is 12.4 Å². The monoisotopic (exact) mass is 595 g/mol. The number of aromatic nitrogens is 2. The second-order valence-corrected chi connectivity index (χ2v) is 7.60. The van der Waals surface area contributed by atoms with Gasteiger partial charge in [0.1, 0.15) is 0 Å². The van der Waals surface area contributed by atoms with Gasteiger partial charge in [0.15, 0.2) is 0 Å². The number of para-hydroxylation sites is 1. The first-order chi connectivity index (χ1) is 13.3. The van der Waals surface area contributed by atoms with Crippen LogP contribution in [0.3, 0.4) is 0 Å². The molecular weight excluding hydrogens is 568 g/mol. The van der Waals surface area contributed by atoms with E-state index < -0.39 is 0 Å². The first-order valence-corrected chi connectivity index (χ1v) is 9.86. The molecule has 5 rings (SSSR count). The summed E-state index contributed by atoms with van der Waals surface area (Å²) in [6.07, 6.45) is 5.57. The van der Waals surface area contributed by atoms with Crippen LogP contribution < -0.4 is 0 Å². The van der Waals surface area contributed by atoms with Crippen molar-refractivity contribution in [2.45, 2.75) is 25.3 Å². The summed E-state index contributed by atoms with van der Waals surface area (Å²) in [6, 6.07) is 16.5. The Balaban J connectivity index is 0.00000107. The Morgan fingerprint density at radius 2 is 1.67 bits per heavy atom. The number of benzene rings is 2. The summed E-state index contributed by atoms with van der Waals surface area (Å²) in [7, 11) is 0. The Kier molecular flexibility index (Phi) is 8.66. The zero-order valence-corrected chi connectivity index (χ0v) is 21.0. The molecular formula is C23H28ClN4OW-. The van der Waals surface area contributed by atoms with Gasteiger partial charge in [0.25, 0.3) is 5.91 Å². The summed E-state index contributed by atoms with van der Waals surface area (Å²) in [5.41, 5.74) is 2.81. The van der Waals surface area contributed by atoms with E-state index in [2.05, 4.69) is 22.1 Å². The van der Waals surface area contributed by atoms with Crippen LogP contribution >= 0.6 is 12.4 Å². The van der Waals surface area contributed by atoms with Gasteiger partial charge < -0.3 is 12.3 Å². The van der Waals surface area contributed by atoms with Crippen LogP contribution in [0.5, 0.6) is 0 Å². The van der Waals surface area contributed by atoms with Gasteiger partial charge in [-0.1, -0.05) is 18.2 Å². The smallest absolute Gasteiger partial charge is 0.253 e. The fourth-order valence-corrected chi connectivity index (χ4v) is 4.44. The molecule has 2 aliphatic heterocycles. The molecule has 0 spiro atoms. The van der Waals surface area contributed by atoms with Crippen LogP contribution in [0.2, 0.25) is 0 Å². The fourth-order valence-electron chi connectivity index (χ4n) is 4.44. The van der Waals surface area contributed by atoms with Crippen molar-refractivity contribution in [1.82, 2.24) is 19.6 Å². The number of likely N-dealkylation sites (tertiary alicyclic amines) is 2. The van der Waals surface area contributed by atoms with Crippen molar-refractivity contribution in [2.75, 3.05) is 26.2 Å². The molecule has 3 aromatic rings. The van der Waals surface area contributed by atoms with Crippen molar-refractivity contribution in [1.29, 1.82) is 0 Å². The van der Waals surface area contributed by atoms with E-state index >= 15 is 0 Å². The van der Waals surface area contributed by atoms with E-state index in [0.29, 0.717) is 6.04 Å². The minimum atomic E-state index is 0. The van der Waals surface area contributed by atoms with Crippen LogP contribution in [0.25, 0.3) is 16.6 Å². The van der Waals surface area contributed by atoms with Crippen molar-refractivity contribution in [3.05, 3.63) is 67.7 Å². The summed E-state index contributed by atoms with van der Waals surface area (Å²) in [5.74, 6) is 0.147. The molecule has 0 unspecified atom stereocenters. The molecule has 2 aromatic carbocycles. The summed E-state index contributed by atoms with van der Waals surface area (Å²) in [4.78, 5) is 17.5. The number of carbonyl (C=O) groups excluding carboxylic acids is 1. The molecule has 2 fully saturated rings. The maximum Gasteiger partial charge on any atom is 0.253 e. The van der Waals surface area contributed by atoms with E-state index in [1.165, 1.54) is 25.9 Å². The second kappa shape index (κ2) is 10.6. The summed E-state index contributed by atoms with van der Waals surface area (Å²) < 4.78 is 1.92. The van der Waals surface area contributed by atoms with Gasteiger partial charge in [0, 0.05) is 51.1 Å². The third-order valence-electron chi connectivity index (χ3n) is 5.94. The predicted molar refractivity (Wildman–Crippen MR) is 120 cm³/mol. The van der Waals surface area contributed by atoms with Crippen molar-refractivity contribution in [2.24, 2.45) is 0 Å². The number of nitrogens with zero attached hydrogens (tertiary/aromatic N) is 4. The molecule has 0 bridgehead atoms. The molecule has 1 aromatic heterocycles. The van der Waals surface area contributed by atoms with Crippen LogP contribution in [-0.4, -0.2) is 57.7 Å². The minimum Gasteiger partial charge on any atom is -0.358 e. The molecule has 1 amide bonds. The number of amides is 1. The van der Waals surface area contributed by atoms with Crippen LogP contribution in [0.4, 0.5) is 0 Å². The molecule has 7 heteroatoms.